The average molecular weight is 203 g/mol. The van der Waals surface area contributed by atoms with Gasteiger partial charge in [0.1, 0.15) is 0 Å². The lowest BCUT2D eigenvalue weighted by Crippen LogP contribution is -2.08. The SMILES string of the molecule is Cc1ccc2nc(NCCO)ncc2c1. The van der Waals surface area contributed by atoms with Crippen molar-refractivity contribution in [3.63, 3.8) is 0 Å². The van der Waals surface area contributed by atoms with Gasteiger partial charge in [0.25, 0.3) is 0 Å². The topological polar surface area (TPSA) is 58.0 Å². The third-order valence-electron chi connectivity index (χ3n) is 2.13. The summed E-state index contributed by atoms with van der Waals surface area (Å²) in [4.78, 5) is 8.47. The van der Waals surface area contributed by atoms with Crippen LogP contribution >= 0.6 is 0 Å². The fourth-order valence-corrected chi connectivity index (χ4v) is 1.41. The molecule has 1 aromatic carbocycles. The molecular weight excluding hydrogens is 190 g/mol. The van der Waals surface area contributed by atoms with Gasteiger partial charge in [0.15, 0.2) is 0 Å². The lowest BCUT2D eigenvalue weighted by atomic mass is 10.2. The van der Waals surface area contributed by atoms with Gasteiger partial charge in [-0.05, 0) is 19.1 Å². The molecule has 0 saturated heterocycles. The molecule has 0 aliphatic carbocycles. The molecule has 4 heteroatoms. The van der Waals surface area contributed by atoms with Crippen molar-refractivity contribution in [1.29, 1.82) is 0 Å². The first-order valence-electron chi connectivity index (χ1n) is 4.88. The zero-order chi connectivity index (χ0) is 10.7. The quantitative estimate of drug-likeness (QED) is 0.790. The predicted octanol–water partition coefficient (Wildman–Crippen LogP) is 1.34. The summed E-state index contributed by atoms with van der Waals surface area (Å²) < 4.78 is 0. The molecule has 2 aromatic rings. The highest BCUT2D eigenvalue weighted by molar-refractivity contribution is 5.79. The molecule has 78 valence electrons. The number of aliphatic hydroxyl groups excluding tert-OH is 1. The molecule has 2 rings (SSSR count). The molecule has 15 heavy (non-hydrogen) atoms. The minimum absolute atomic E-state index is 0.0787. The molecule has 0 aliphatic rings. The summed E-state index contributed by atoms with van der Waals surface area (Å²) in [6.07, 6.45) is 1.79. The van der Waals surface area contributed by atoms with Crippen LogP contribution < -0.4 is 5.32 Å². The van der Waals surface area contributed by atoms with Crippen molar-refractivity contribution in [3.05, 3.63) is 30.0 Å². The number of benzene rings is 1. The van der Waals surface area contributed by atoms with E-state index in [1.807, 2.05) is 25.1 Å². The van der Waals surface area contributed by atoms with Gasteiger partial charge in [-0.3, -0.25) is 0 Å². The molecule has 1 aromatic heterocycles. The van der Waals surface area contributed by atoms with Crippen molar-refractivity contribution in [2.75, 3.05) is 18.5 Å². The number of nitrogens with zero attached hydrogens (tertiary/aromatic N) is 2. The molecule has 0 fully saturated rings. The van der Waals surface area contributed by atoms with Crippen molar-refractivity contribution in [2.45, 2.75) is 6.92 Å². The van der Waals surface area contributed by atoms with E-state index in [1.165, 1.54) is 5.56 Å². The zero-order valence-corrected chi connectivity index (χ0v) is 8.57. The van der Waals surface area contributed by atoms with Gasteiger partial charge in [0.05, 0.1) is 12.1 Å². The van der Waals surface area contributed by atoms with Gasteiger partial charge >= 0.3 is 0 Å². The average Bonchev–Trinajstić information content (AvgIpc) is 2.26. The van der Waals surface area contributed by atoms with E-state index in [0.717, 1.165) is 10.9 Å². The number of fused-ring (bicyclic) bond motifs is 1. The minimum atomic E-state index is 0.0787. The summed E-state index contributed by atoms with van der Waals surface area (Å²) in [6.45, 7) is 2.59. The minimum Gasteiger partial charge on any atom is -0.395 e. The smallest absolute Gasteiger partial charge is 0.223 e. The van der Waals surface area contributed by atoms with Crippen molar-refractivity contribution < 1.29 is 5.11 Å². The Morgan fingerprint density at radius 1 is 1.40 bits per heavy atom. The number of nitrogens with one attached hydrogen (secondary N) is 1. The van der Waals surface area contributed by atoms with E-state index in [4.69, 9.17) is 5.11 Å². The Labute approximate surface area is 88.0 Å². The molecule has 0 amide bonds. The number of aliphatic hydroxyl groups is 1. The first kappa shape index (κ1) is 9.86. The van der Waals surface area contributed by atoms with Crippen molar-refractivity contribution in [2.24, 2.45) is 0 Å². The van der Waals surface area contributed by atoms with Crippen LogP contribution in [0.2, 0.25) is 0 Å². The summed E-state index contributed by atoms with van der Waals surface area (Å²) >= 11 is 0. The highest BCUT2D eigenvalue weighted by Gasteiger charge is 1.98. The summed E-state index contributed by atoms with van der Waals surface area (Å²) in [5.41, 5.74) is 2.11. The first-order valence-corrected chi connectivity index (χ1v) is 4.88. The summed E-state index contributed by atoms with van der Waals surface area (Å²) in [6, 6.07) is 6.03. The Morgan fingerprint density at radius 2 is 2.27 bits per heavy atom. The normalized spacial score (nSPS) is 10.5. The van der Waals surface area contributed by atoms with Gasteiger partial charge in [0.2, 0.25) is 5.95 Å². The summed E-state index contributed by atoms with van der Waals surface area (Å²) in [5, 5.41) is 12.6. The molecule has 0 aliphatic heterocycles. The monoisotopic (exact) mass is 203 g/mol. The van der Waals surface area contributed by atoms with Gasteiger partial charge in [0, 0.05) is 18.1 Å². The number of rotatable bonds is 3. The molecule has 0 radical (unpaired) electrons. The molecule has 0 atom stereocenters. The number of hydrogen-bond acceptors (Lipinski definition) is 4. The van der Waals surface area contributed by atoms with E-state index >= 15 is 0 Å². The van der Waals surface area contributed by atoms with Crippen LogP contribution in [0.5, 0.6) is 0 Å². The predicted molar refractivity (Wildman–Crippen MR) is 59.9 cm³/mol. The zero-order valence-electron chi connectivity index (χ0n) is 8.57. The Hall–Kier alpha value is -1.68. The lowest BCUT2D eigenvalue weighted by molar-refractivity contribution is 0.311. The number of hydrogen-bond donors (Lipinski definition) is 2. The van der Waals surface area contributed by atoms with Crippen molar-refractivity contribution in [1.82, 2.24) is 9.97 Å². The lowest BCUT2D eigenvalue weighted by Gasteiger charge is -2.03. The van der Waals surface area contributed by atoms with Gasteiger partial charge in [-0.25, -0.2) is 9.97 Å². The second-order valence-electron chi connectivity index (χ2n) is 3.41. The van der Waals surface area contributed by atoms with Gasteiger partial charge < -0.3 is 10.4 Å². The highest BCUT2D eigenvalue weighted by Crippen LogP contribution is 2.13. The fraction of sp³-hybridized carbons (Fsp3) is 0.273. The first-order chi connectivity index (χ1) is 7.29. The van der Waals surface area contributed by atoms with Crippen molar-refractivity contribution in [3.8, 4) is 0 Å². The van der Waals surface area contributed by atoms with E-state index in [1.54, 1.807) is 6.20 Å². The van der Waals surface area contributed by atoms with E-state index < -0.39 is 0 Å². The van der Waals surface area contributed by atoms with Crippen LogP contribution in [0.15, 0.2) is 24.4 Å². The maximum atomic E-state index is 8.66. The second kappa shape index (κ2) is 4.23. The van der Waals surface area contributed by atoms with E-state index in [0.29, 0.717) is 12.5 Å². The van der Waals surface area contributed by atoms with Crippen molar-refractivity contribution >= 4 is 16.9 Å². The molecule has 1 heterocycles. The van der Waals surface area contributed by atoms with Crippen LogP contribution in [0.25, 0.3) is 10.9 Å². The maximum absolute atomic E-state index is 8.66. The van der Waals surface area contributed by atoms with E-state index in [-0.39, 0.29) is 6.61 Å². The maximum Gasteiger partial charge on any atom is 0.223 e. The molecule has 4 nitrogen and oxygen atoms in total. The Bertz CT molecular complexity index is 470. The van der Waals surface area contributed by atoms with E-state index in [9.17, 15) is 0 Å². The Morgan fingerprint density at radius 3 is 3.07 bits per heavy atom. The molecule has 0 unspecified atom stereocenters. The van der Waals surface area contributed by atoms with Gasteiger partial charge in [-0.15, -0.1) is 0 Å². The van der Waals surface area contributed by atoms with Crippen LogP contribution in [-0.4, -0.2) is 28.2 Å². The van der Waals surface area contributed by atoms with Gasteiger partial charge in [-0.2, -0.15) is 0 Å². The van der Waals surface area contributed by atoms with Crippen LogP contribution in [0.3, 0.4) is 0 Å². The van der Waals surface area contributed by atoms with Gasteiger partial charge in [-0.1, -0.05) is 11.6 Å². The van der Waals surface area contributed by atoms with Crippen LogP contribution in [0, 0.1) is 6.92 Å². The molecule has 2 N–H and O–H groups in total. The molecule has 0 saturated carbocycles. The third kappa shape index (κ3) is 2.22. The van der Waals surface area contributed by atoms with Crippen LogP contribution in [0.1, 0.15) is 5.56 Å². The highest BCUT2D eigenvalue weighted by atomic mass is 16.3. The van der Waals surface area contributed by atoms with Crippen LogP contribution in [0.4, 0.5) is 5.95 Å². The Balaban J connectivity index is 2.34. The number of aryl methyl sites for hydroxylation is 1. The second-order valence-corrected chi connectivity index (χ2v) is 3.41. The Kier molecular flexibility index (Phi) is 2.78. The number of anilines is 1. The van der Waals surface area contributed by atoms with Crippen LogP contribution in [-0.2, 0) is 0 Å². The van der Waals surface area contributed by atoms with E-state index in [2.05, 4.69) is 15.3 Å². The molecular formula is C11H13N3O. The summed E-state index contributed by atoms with van der Waals surface area (Å²) in [7, 11) is 0. The molecule has 0 bridgehead atoms. The molecule has 0 spiro atoms. The fourth-order valence-electron chi connectivity index (χ4n) is 1.41. The third-order valence-corrected chi connectivity index (χ3v) is 2.13. The number of aromatic nitrogens is 2. The largest absolute Gasteiger partial charge is 0.395 e. The summed E-state index contributed by atoms with van der Waals surface area (Å²) in [5.74, 6) is 0.556. The standard InChI is InChI=1S/C11H13N3O/c1-8-2-3-10-9(6-8)7-13-11(14-10)12-4-5-15/h2-3,6-7,15H,4-5H2,1H3,(H,12,13,14).